The molecule has 0 saturated heterocycles. The molecule has 0 radical (unpaired) electrons. The highest BCUT2D eigenvalue weighted by molar-refractivity contribution is 5.71. The Bertz CT molecular complexity index is 319. The van der Waals surface area contributed by atoms with Gasteiger partial charge in [0.25, 0.3) is 0 Å². The van der Waals surface area contributed by atoms with E-state index in [0.29, 0.717) is 6.54 Å². The van der Waals surface area contributed by atoms with Crippen molar-refractivity contribution in [1.29, 1.82) is 0 Å². The van der Waals surface area contributed by atoms with Crippen LogP contribution in [0.5, 0.6) is 0 Å². The largest absolute Gasteiger partial charge is 0.351 e. The van der Waals surface area contributed by atoms with Crippen LogP contribution in [0.15, 0.2) is 24.3 Å². The summed E-state index contributed by atoms with van der Waals surface area (Å²) in [6.45, 7) is 2.73. The summed E-state index contributed by atoms with van der Waals surface area (Å²) in [5.41, 5.74) is 7.59. The van der Waals surface area contributed by atoms with Gasteiger partial charge in [-0.1, -0.05) is 37.6 Å². The smallest absolute Gasteiger partial charge is 0.314 e. The fourth-order valence-corrected chi connectivity index (χ4v) is 1.45. The number of hydrogen-bond acceptors (Lipinski definition) is 1. The number of nitrogens with zero attached hydrogens (tertiary/aromatic N) is 1. The maximum atomic E-state index is 10.8. The third kappa shape index (κ3) is 3.62. The van der Waals surface area contributed by atoms with Crippen LogP contribution >= 0.6 is 0 Å². The maximum Gasteiger partial charge on any atom is 0.314 e. The number of amides is 2. The van der Waals surface area contributed by atoms with Gasteiger partial charge in [0, 0.05) is 13.6 Å². The van der Waals surface area contributed by atoms with Crippen LogP contribution < -0.4 is 5.73 Å². The molecule has 1 aromatic carbocycles. The fourth-order valence-electron chi connectivity index (χ4n) is 1.45. The van der Waals surface area contributed by atoms with Crippen LogP contribution in [0.1, 0.15) is 24.5 Å². The average Bonchev–Trinajstić information content (AvgIpc) is 2.21. The van der Waals surface area contributed by atoms with Crippen LogP contribution in [-0.4, -0.2) is 18.0 Å². The topological polar surface area (TPSA) is 46.3 Å². The van der Waals surface area contributed by atoms with Crippen molar-refractivity contribution in [2.75, 3.05) is 7.05 Å². The fraction of sp³-hybridized carbons (Fsp3) is 0.417. The van der Waals surface area contributed by atoms with E-state index in [2.05, 4.69) is 19.1 Å². The Morgan fingerprint density at radius 3 is 2.27 bits per heavy atom. The number of carbonyl (C=O) groups excluding carboxylic acids is 1. The van der Waals surface area contributed by atoms with E-state index >= 15 is 0 Å². The number of aryl methyl sites for hydroxylation is 1. The summed E-state index contributed by atoms with van der Waals surface area (Å²) < 4.78 is 0. The first-order valence-electron chi connectivity index (χ1n) is 5.22. The molecular weight excluding hydrogens is 188 g/mol. The standard InChI is InChI=1S/C12H18N2O/c1-3-4-10-5-7-11(8-6-10)9-14(2)12(13)15/h5-8H,3-4,9H2,1-2H3,(H2,13,15). The van der Waals surface area contributed by atoms with Gasteiger partial charge >= 0.3 is 6.03 Å². The Labute approximate surface area is 90.9 Å². The lowest BCUT2D eigenvalue weighted by Gasteiger charge is -2.14. The van der Waals surface area contributed by atoms with Crippen molar-refractivity contribution in [3.63, 3.8) is 0 Å². The second-order valence-electron chi connectivity index (χ2n) is 3.76. The molecule has 0 aliphatic rings. The van der Waals surface area contributed by atoms with Gasteiger partial charge in [-0.2, -0.15) is 0 Å². The summed E-state index contributed by atoms with van der Waals surface area (Å²) >= 11 is 0. The number of urea groups is 1. The SMILES string of the molecule is CCCc1ccc(CN(C)C(N)=O)cc1. The van der Waals surface area contributed by atoms with E-state index in [0.717, 1.165) is 18.4 Å². The van der Waals surface area contributed by atoms with Crippen LogP contribution in [0.25, 0.3) is 0 Å². The van der Waals surface area contributed by atoms with Gasteiger partial charge in [0.15, 0.2) is 0 Å². The molecule has 0 aliphatic heterocycles. The molecule has 15 heavy (non-hydrogen) atoms. The zero-order chi connectivity index (χ0) is 11.3. The van der Waals surface area contributed by atoms with E-state index in [-0.39, 0.29) is 0 Å². The molecule has 0 bridgehead atoms. The van der Waals surface area contributed by atoms with Crippen molar-refractivity contribution >= 4 is 6.03 Å². The maximum absolute atomic E-state index is 10.8. The summed E-state index contributed by atoms with van der Waals surface area (Å²) in [6.07, 6.45) is 2.26. The molecule has 3 heteroatoms. The van der Waals surface area contributed by atoms with Crippen LogP contribution in [0.4, 0.5) is 4.79 Å². The highest BCUT2D eigenvalue weighted by Crippen LogP contribution is 2.08. The van der Waals surface area contributed by atoms with Crippen LogP contribution in [0.3, 0.4) is 0 Å². The minimum Gasteiger partial charge on any atom is -0.351 e. The van der Waals surface area contributed by atoms with Crippen molar-refractivity contribution in [1.82, 2.24) is 4.90 Å². The Morgan fingerprint density at radius 2 is 1.80 bits per heavy atom. The molecule has 0 spiro atoms. The van der Waals surface area contributed by atoms with Gasteiger partial charge in [0.1, 0.15) is 0 Å². The minimum absolute atomic E-state index is 0.396. The van der Waals surface area contributed by atoms with Gasteiger partial charge in [-0.05, 0) is 17.5 Å². The monoisotopic (exact) mass is 206 g/mol. The normalized spacial score (nSPS) is 10.0. The van der Waals surface area contributed by atoms with E-state index in [1.165, 1.54) is 10.5 Å². The van der Waals surface area contributed by atoms with E-state index in [4.69, 9.17) is 5.73 Å². The molecule has 1 aromatic rings. The molecule has 82 valence electrons. The number of benzene rings is 1. The van der Waals surface area contributed by atoms with Crippen molar-refractivity contribution in [3.05, 3.63) is 35.4 Å². The molecule has 3 nitrogen and oxygen atoms in total. The number of nitrogens with two attached hydrogens (primary N) is 1. The second-order valence-corrected chi connectivity index (χ2v) is 3.76. The van der Waals surface area contributed by atoms with Crippen molar-refractivity contribution in [3.8, 4) is 0 Å². The molecule has 1 rings (SSSR count). The first-order valence-corrected chi connectivity index (χ1v) is 5.22. The zero-order valence-electron chi connectivity index (χ0n) is 9.36. The minimum atomic E-state index is -0.396. The van der Waals surface area contributed by atoms with Crippen molar-refractivity contribution in [2.45, 2.75) is 26.3 Å². The Balaban J connectivity index is 2.60. The lowest BCUT2D eigenvalue weighted by molar-refractivity contribution is 0.216. The van der Waals surface area contributed by atoms with Crippen molar-refractivity contribution in [2.24, 2.45) is 5.73 Å². The van der Waals surface area contributed by atoms with Gasteiger partial charge in [-0.3, -0.25) is 0 Å². The number of carbonyl (C=O) groups is 1. The lowest BCUT2D eigenvalue weighted by Crippen LogP contribution is -2.31. The Hall–Kier alpha value is -1.51. The van der Waals surface area contributed by atoms with Crippen LogP contribution in [0.2, 0.25) is 0 Å². The Kier molecular flexibility index (Phi) is 4.16. The molecule has 0 saturated carbocycles. The molecule has 0 fully saturated rings. The van der Waals surface area contributed by atoms with Crippen LogP contribution in [-0.2, 0) is 13.0 Å². The van der Waals surface area contributed by atoms with Gasteiger partial charge in [-0.25, -0.2) is 4.79 Å². The lowest BCUT2D eigenvalue weighted by atomic mass is 10.1. The van der Waals surface area contributed by atoms with Crippen LogP contribution in [0, 0.1) is 0 Å². The Morgan fingerprint density at radius 1 is 1.27 bits per heavy atom. The third-order valence-corrected chi connectivity index (χ3v) is 2.36. The molecular formula is C12H18N2O. The summed E-state index contributed by atoms with van der Waals surface area (Å²) in [5, 5.41) is 0. The highest BCUT2D eigenvalue weighted by Gasteiger charge is 2.03. The van der Waals surface area contributed by atoms with Gasteiger partial charge < -0.3 is 10.6 Å². The summed E-state index contributed by atoms with van der Waals surface area (Å²) in [7, 11) is 1.70. The molecule has 0 aliphatic carbocycles. The van der Waals surface area contributed by atoms with Gasteiger partial charge in [0.2, 0.25) is 0 Å². The van der Waals surface area contributed by atoms with E-state index in [9.17, 15) is 4.79 Å². The third-order valence-electron chi connectivity index (χ3n) is 2.36. The molecule has 0 atom stereocenters. The molecule has 0 unspecified atom stereocenters. The number of hydrogen-bond donors (Lipinski definition) is 1. The summed E-state index contributed by atoms with van der Waals surface area (Å²) in [5.74, 6) is 0. The molecule has 0 aromatic heterocycles. The second kappa shape index (κ2) is 5.39. The van der Waals surface area contributed by atoms with Gasteiger partial charge in [-0.15, -0.1) is 0 Å². The van der Waals surface area contributed by atoms with Gasteiger partial charge in [0.05, 0.1) is 0 Å². The zero-order valence-corrected chi connectivity index (χ0v) is 9.36. The number of rotatable bonds is 4. The quantitative estimate of drug-likeness (QED) is 0.806. The molecule has 2 N–H and O–H groups in total. The van der Waals surface area contributed by atoms with Crippen molar-refractivity contribution < 1.29 is 4.79 Å². The summed E-state index contributed by atoms with van der Waals surface area (Å²) in [6, 6.07) is 7.91. The predicted octanol–water partition coefficient (Wildman–Crippen LogP) is 2.15. The molecule has 2 amide bonds. The average molecular weight is 206 g/mol. The van der Waals surface area contributed by atoms with E-state index in [1.807, 2.05) is 12.1 Å². The summed E-state index contributed by atoms with van der Waals surface area (Å²) in [4.78, 5) is 12.3. The first kappa shape index (κ1) is 11.6. The van der Waals surface area contributed by atoms with E-state index in [1.54, 1.807) is 7.05 Å². The molecule has 0 heterocycles. The van der Waals surface area contributed by atoms with E-state index < -0.39 is 6.03 Å². The predicted molar refractivity (Wildman–Crippen MR) is 61.5 cm³/mol. The highest BCUT2D eigenvalue weighted by atomic mass is 16.2. The first-order chi connectivity index (χ1) is 7.13. The number of primary amides is 1.